The molecule has 0 amide bonds. The molecule has 0 saturated carbocycles. The topological polar surface area (TPSA) is 9.23 Å². The van der Waals surface area contributed by atoms with Crippen molar-refractivity contribution in [3.63, 3.8) is 0 Å². The lowest BCUT2D eigenvalue weighted by Gasteiger charge is -2.33. The van der Waals surface area contributed by atoms with Gasteiger partial charge in [-0.2, -0.15) is 0 Å². The second kappa shape index (κ2) is 4.74. The zero-order valence-corrected chi connectivity index (χ0v) is 12.3. The van der Waals surface area contributed by atoms with E-state index in [1.807, 2.05) is 0 Å². The van der Waals surface area contributed by atoms with Gasteiger partial charge in [0.1, 0.15) is 0 Å². The molecule has 0 heterocycles. The fourth-order valence-corrected chi connectivity index (χ4v) is 12.2. The van der Waals surface area contributed by atoms with Crippen LogP contribution in [0, 0.1) is 0 Å². The molecule has 0 aliphatic carbocycles. The molecular weight excluding hydrogens is 196 g/mol. The molecule has 0 N–H and O–H groups in total. The Bertz CT molecular complexity index is 134. The molecule has 4 heteroatoms. The number of hydrogen-bond acceptors (Lipinski definition) is 1. The maximum atomic E-state index is 6.30. The Labute approximate surface area is 82.0 Å². The van der Waals surface area contributed by atoms with Crippen molar-refractivity contribution in [2.45, 2.75) is 51.4 Å². The third-order valence-electron chi connectivity index (χ3n) is 2.01. The van der Waals surface area contributed by atoms with E-state index in [1.165, 1.54) is 11.7 Å². The molecule has 0 bridgehead atoms. The monoisotopic (exact) mass is 218 g/mol. The summed E-state index contributed by atoms with van der Waals surface area (Å²) in [7, 11) is -1.51. The summed E-state index contributed by atoms with van der Waals surface area (Å²) in [5.41, 5.74) is 1.34. The smallest absolute Gasteiger partial charge is 0.173 e. The van der Waals surface area contributed by atoms with Crippen molar-refractivity contribution in [3.8, 4) is 0 Å². The molecule has 2 radical (unpaired) electrons. The molecule has 12 heavy (non-hydrogen) atoms. The minimum Gasteiger partial charge on any atom is -0.456 e. The Hall–Kier alpha value is 0.611. The molecule has 0 aliphatic rings. The molecule has 1 nitrogen and oxygen atoms in total. The van der Waals surface area contributed by atoms with Crippen molar-refractivity contribution in [2.24, 2.45) is 0 Å². The molecule has 0 saturated heterocycles. The van der Waals surface area contributed by atoms with Crippen LogP contribution >= 0.6 is 0 Å². The third-order valence-corrected chi connectivity index (χ3v) is 13.0. The zero-order chi connectivity index (χ0) is 9.83. The van der Waals surface area contributed by atoms with Crippen LogP contribution in [0.25, 0.3) is 0 Å². The maximum absolute atomic E-state index is 6.30. The van der Waals surface area contributed by atoms with Crippen molar-refractivity contribution >= 4 is 26.2 Å². The maximum Gasteiger partial charge on any atom is 0.173 e. The van der Waals surface area contributed by atoms with E-state index in [0.29, 0.717) is 0 Å². The van der Waals surface area contributed by atoms with E-state index >= 15 is 0 Å². The molecule has 0 atom stereocenters. The van der Waals surface area contributed by atoms with Crippen LogP contribution in [0.15, 0.2) is 0 Å². The largest absolute Gasteiger partial charge is 0.456 e. The first-order valence-corrected chi connectivity index (χ1v) is 12.6. The van der Waals surface area contributed by atoms with E-state index in [0.717, 1.165) is 9.52 Å². The lowest BCUT2D eigenvalue weighted by molar-refractivity contribution is 0.547. The second-order valence-corrected chi connectivity index (χ2v) is 15.2. The van der Waals surface area contributed by atoms with Gasteiger partial charge < -0.3 is 4.12 Å². The highest BCUT2D eigenvalue weighted by atomic mass is 28.4. The first-order chi connectivity index (χ1) is 5.33. The lowest BCUT2D eigenvalue weighted by Crippen LogP contribution is -2.44. The van der Waals surface area contributed by atoms with Gasteiger partial charge in [-0.25, -0.2) is 0 Å². The minimum atomic E-state index is -1.29. The second-order valence-electron chi connectivity index (χ2n) is 4.51. The molecule has 72 valence electrons. The fourth-order valence-electron chi connectivity index (χ4n) is 1.28. The Kier molecular flexibility index (Phi) is 4.98. The van der Waals surface area contributed by atoms with E-state index in [1.54, 1.807) is 0 Å². The fraction of sp³-hybridized carbons (Fsp3) is 1.00. The summed E-state index contributed by atoms with van der Waals surface area (Å²) >= 11 is 0. The molecule has 0 fully saturated rings. The minimum absolute atomic E-state index is 1.06. The molecule has 0 rings (SSSR count). The Morgan fingerprint density at radius 3 is 1.92 bits per heavy atom. The average Bonchev–Trinajstić information content (AvgIpc) is 1.85. The standard InChI is InChI=1S/C8H22OSi3/c1-7-11(3,4)9-12(5,6)8-10-2/h7-8H2,1-6H3. The van der Waals surface area contributed by atoms with Crippen molar-refractivity contribution < 1.29 is 4.12 Å². The van der Waals surface area contributed by atoms with Crippen LogP contribution in [0.4, 0.5) is 0 Å². The van der Waals surface area contributed by atoms with Crippen molar-refractivity contribution in [3.05, 3.63) is 0 Å². The van der Waals surface area contributed by atoms with Gasteiger partial charge in [-0.3, -0.25) is 0 Å². The predicted octanol–water partition coefficient (Wildman–Crippen LogP) is 3.14. The number of hydrogen-bond donors (Lipinski definition) is 0. The van der Waals surface area contributed by atoms with Crippen molar-refractivity contribution in [1.82, 2.24) is 0 Å². The summed E-state index contributed by atoms with van der Waals surface area (Å²) in [4.78, 5) is 0. The summed E-state index contributed by atoms with van der Waals surface area (Å²) in [6.45, 7) is 13.9. The molecular formula is C8H22OSi3. The van der Waals surface area contributed by atoms with Gasteiger partial charge in [-0.1, -0.05) is 13.5 Å². The van der Waals surface area contributed by atoms with Crippen molar-refractivity contribution in [2.75, 3.05) is 0 Å². The quantitative estimate of drug-likeness (QED) is 0.644. The first kappa shape index (κ1) is 12.6. The highest BCUT2D eigenvalue weighted by Gasteiger charge is 2.30. The molecule has 0 aromatic heterocycles. The van der Waals surface area contributed by atoms with Gasteiger partial charge in [0, 0.05) is 9.52 Å². The normalized spacial score (nSPS) is 13.5. The highest BCUT2D eigenvalue weighted by Crippen LogP contribution is 2.20. The SMILES string of the molecule is CC[Si](C)(C)O[Si](C)(C)C[Si]C. The Morgan fingerprint density at radius 1 is 1.08 bits per heavy atom. The van der Waals surface area contributed by atoms with Crippen LogP contribution in [0.3, 0.4) is 0 Å². The highest BCUT2D eigenvalue weighted by molar-refractivity contribution is 6.88. The van der Waals surface area contributed by atoms with Crippen LogP contribution in [0.5, 0.6) is 0 Å². The summed E-state index contributed by atoms with van der Waals surface area (Å²) < 4.78 is 6.30. The van der Waals surface area contributed by atoms with Crippen LogP contribution in [-0.2, 0) is 4.12 Å². The van der Waals surface area contributed by atoms with Gasteiger partial charge >= 0.3 is 0 Å². The Balaban J connectivity index is 4.04. The number of rotatable bonds is 5. The van der Waals surface area contributed by atoms with Crippen LogP contribution in [-0.4, -0.2) is 26.2 Å². The van der Waals surface area contributed by atoms with Gasteiger partial charge in [-0.05, 0) is 37.9 Å². The Morgan fingerprint density at radius 2 is 1.58 bits per heavy atom. The van der Waals surface area contributed by atoms with E-state index < -0.39 is 16.6 Å². The van der Waals surface area contributed by atoms with Crippen molar-refractivity contribution in [1.29, 1.82) is 0 Å². The summed E-state index contributed by atoms with van der Waals surface area (Å²) in [6.07, 6.45) is 0. The van der Waals surface area contributed by atoms with E-state index in [-0.39, 0.29) is 0 Å². The van der Waals surface area contributed by atoms with E-state index in [4.69, 9.17) is 4.12 Å². The molecule has 0 aromatic carbocycles. The molecule has 0 aromatic rings. The average molecular weight is 219 g/mol. The van der Waals surface area contributed by atoms with Crippen LogP contribution < -0.4 is 0 Å². The van der Waals surface area contributed by atoms with E-state index in [9.17, 15) is 0 Å². The zero-order valence-electron chi connectivity index (χ0n) is 9.32. The summed E-state index contributed by atoms with van der Waals surface area (Å²) in [5, 5.41) is 0. The first-order valence-electron chi connectivity index (χ1n) is 4.68. The van der Waals surface area contributed by atoms with Crippen LogP contribution in [0.1, 0.15) is 6.92 Å². The summed E-state index contributed by atoms with van der Waals surface area (Å²) in [6, 6.07) is 1.25. The van der Waals surface area contributed by atoms with Gasteiger partial charge in [-0.15, -0.1) is 0 Å². The molecule has 0 unspecified atom stereocenters. The van der Waals surface area contributed by atoms with Gasteiger partial charge in [0.05, 0.1) is 0 Å². The third kappa shape index (κ3) is 5.29. The molecule has 0 spiro atoms. The van der Waals surface area contributed by atoms with Gasteiger partial charge in [0.15, 0.2) is 16.6 Å². The molecule has 0 aliphatic heterocycles. The van der Waals surface area contributed by atoms with Gasteiger partial charge in [0.25, 0.3) is 0 Å². The van der Waals surface area contributed by atoms with E-state index in [2.05, 4.69) is 39.7 Å². The van der Waals surface area contributed by atoms with Gasteiger partial charge in [0.2, 0.25) is 0 Å². The summed E-state index contributed by atoms with van der Waals surface area (Å²) in [5.74, 6) is 0. The predicted molar refractivity (Wildman–Crippen MR) is 63.0 cm³/mol. The lowest BCUT2D eigenvalue weighted by atomic mass is 11.0. The van der Waals surface area contributed by atoms with Crippen LogP contribution in [0.2, 0.25) is 44.4 Å².